The van der Waals surface area contributed by atoms with E-state index in [0.717, 1.165) is 30.9 Å². The smallest absolute Gasteiger partial charge is 0.256 e. The Bertz CT molecular complexity index is 750. The van der Waals surface area contributed by atoms with E-state index in [0.29, 0.717) is 6.54 Å². The molecule has 5 nitrogen and oxygen atoms in total. The van der Waals surface area contributed by atoms with Crippen molar-refractivity contribution in [2.24, 2.45) is 0 Å². The lowest BCUT2D eigenvalue weighted by molar-refractivity contribution is -0.147. The molecule has 1 unspecified atom stereocenters. The molecule has 5 heteroatoms. The standard InChI is InChI=1S/C22H28N2O3/c1-17-15-23(16-18-8-7-11-20(14-18)26-2)12-13-24(17)22(25)21(27-3)19-9-5-4-6-10-19/h4-11,14,17,21H,12-13,15-16H2,1-3H3/t17-,21?/m0/s1. The molecule has 1 heterocycles. The van der Waals surface area contributed by atoms with E-state index < -0.39 is 6.10 Å². The van der Waals surface area contributed by atoms with Crippen LogP contribution in [0.4, 0.5) is 0 Å². The first-order chi connectivity index (χ1) is 13.1. The highest BCUT2D eigenvalue weighted by Crippen LogP contribution is 2.23. The van der Waals surface area contributed by atoms with Crippen LogP contribution in [0.25, 0.3) is 0 Å². The summed E-state index contributed by atoms with van der Waals surface area (Å²) in [4.78, 5) is 17.4. The highest BCUT2D eigenvalue weighted by atomic mass is 16.5. The van der Waals surface area contributed by atoms with E-state index in [1.807, 2.05) is 47.4 Å². The summed E-state index contributed by atoms with van der Waals surface area (Å²) in [6, 6.07) is 18.0. The lowest BCUT2D eigenvalue weighted by atomic mass is 10.1. The normalized spacial score (nSPS) is 18.9. The fourth-order valence-corrected chi connectivity index (χ4v) is 3.69. The number of carbonyl (C=O) groups excluding carboxylic acids is 1. The molecule has 1 aliphatic rings. The second-order valence-electron chi connectivity index (χ2n) is 6.99. The second-order valence-corrected chi connectivity index (χ2v) is 6.99. The first-order valence-corrected chi connectivity index (χ1v) is 9.36. The maximum absolute atomic E-state index is 13.1. The van der Waals surface area contributed by atoms with Gasteiger partial charge in [-0.3, -0.25) is 9.69 Å². The van der Waals surface area contributed by atoms with E-state index in [2.05, 4.69) is 24.0 Å². The van der Waals surface area contributed by atoms with Crippen LogP contribution in [0.5, 0.6) is 5.75 Å². The number of ether oxygens (including phenoxy) is 2. The van der Waals surface area contributed by atoms with Gasteiger partial charge in [0.2, 0.25) is 0 Å². The lowest BCUT2D eigenvalue weighted by Gasteiger charge is -2.41. The molecule has 0 aromatic heterocycles. The Kier molecular flexibility index (Phi) is 6.48. The molecule has 1 amide bonds. The molecule has 0 aliphatic carbocycles. The van der Waals surface area contributed by atoms with Crippen molar-refractivity contribution in [1.29, 1.82) is 0 Å². The van der Waals surface area contributed by atoms with Gasteiger partial charge in [0.1, 0.15) is 5.75 Å². The van der Waals surface area contributed by atoms with Crippen molar-refractivity contribution in [1.82, 2.24) is 9.80 Å². The van der Waals surface area contributed by atoms with Crippen molar-refractivity contribution in [3.05, 3.63) is 65.7 Å². The number of amides is 1. The van der Waals surface area contributed by atoms with Gasteiger partial charge in [-0.25, -0.2) is 0 Å². The van der Waals surface area contributed by atoms with Gasteiger partial charge in [0, 0.05) is 39.3 Å². The summed E-state index contributed by atoms with van der Waals surface area (Å²) < 4.78 is 10.8. The molecule has 1 saturated heterocycles. The molecule has 0 bridgehead atoms. The van der Waals surface area contributed by atoms with Crippen molar-refractivity contribution in [3.63, 3.8) is 0 Å². The van der Waals surface area contributed by atoms with Gasteiger partial charge in [0.15, 0.2) is 6.10 Å². The molecule has 1 fully saturated rings. The first kappa shape index (κ1) is 19.4. The fourth-order valence-electron chi connectivity index (χ4n) is 3.69. The third-order valence-electron chi connectivity index (χ3n) is 5.10. The minimum absolute atomic E-state index is 0.0391. The minimum Gasteiger partial charge on any atom is -0.497 e. The number of methoxy groups -OCH3 is 2. The molecule has 0 N–H and O–H groups in total. The summed E-state index contributed by atoms with van der Waals surface area (Å²) in [7, 11) is 3.28. The average molecular weight is 368 g/mol. The summed E-state index contributed by atoms with van der Waals surface area (Å²) in [5.74, 6) is 0.914. The van der Waals surface area contributed by atoms with Gasteiger partial charge >= 0.3 is 0 Å². The Hall–Kier alpha value is -2.37. The molecule has 0 spiro atoms. The van der Waals surface area contributed by atoms with Gasteiger partial charge in [0.25, 0.3) is 5.91 Å². The predicted octanol–water partition coefficient (Wildman–Crippen LogP) is 3.12. The van der Waals surface area contributed by atoms with Crippen LogP contribution in [0.2, 0.25) is 0 Å². The van der Waals surface area contributed by atoms with Crippen LogP contribution >= 0.6 is 0 Å². The van der Waals surface area contributed by atoms with Gasteiger partial charge in [-0.1, -0.05) is 42.5 Å². The number of piperazine rings is 1. The monoisotopic (exact) mass is 368 g/mol. The molecule has 144 valence electrons. The summed E-state index contributed by atoms with van der Waals surface area (Å²) in [5.41, 5.74) is 2.12. The Labute approximate surface area is 161 Å². The zero-order chi connectivity index (χ0) is 19.2. The third-order valence-corrected chi connectivity index (χ3v) is 5.10. The quantitative estimate of drug-likeness (QED) is 0.786. The number of carbonyl (C=O) groups is 1. The lowest BCUT2D eigenvalue weighted by Crippen LogP contribution is -2.54. The van der Waals surface area contributed by atoms with Gasteiger partial charge in [-0.2, -0.15) is 0 Å². The number of benzene rings is 2. The maximum Gasteiger partial charge on any atom is 0.256 e. The molecule has 1 aliphatic heterocycles. The van der Waals surface area contributed by atoms with Crippen molar-refractivity contribution < 1.29 is 14.3 Å². The van der Waals surface area contributed by atoms with Crippen LogP contribution in [0.1, 0.15) is 24.2 Å². The Morgan fingerprint density at radius 2 is 1.89 bits per heavy atom. The van der Waals surface area contributed by atoms with Crippen molar-refractivity contribution in [3.8, 4) is 5.75 Å². The number of nitrogens with zero attached hydrogens (tertiary/aromatic N) is 2. The molecular weight excluding hydrogens is 340 g/mol. The summed E-state index contributed by atoms with van der Waals surface area (Å²) in [6.07, 6.45) is -0.543. The van der Waals surface area contributed by atoms with Gasteiger partial charge < -0.3 is 14.4 Å². The van der Waals surface area contributed by atoms with Gasteiger partial charge in [-0.15, -0.1) is 0 Å². The van der Waals surface area contributed by atoms with Crippen molar-refractivity contribution in [2.45, 2.75) is 25.6 Å². The average Bonchev–Trinajstić information content (AvgIpc) is 2.69. The second kappa shape index (κ2) is 9.02. The van der Waals surface area contributed by atoms with Crippen LogP contribution in [0.15, 0.2) is 54.6 Å². The molecule has 3 rings (SSSR count). The molecular formula is C22H28N2O3. The molecule has 2 aromatic carbocycles. The van der Waals surface area contributed by atoms with Crippen LogP contribution < -0.4 is 4.74 Å². The van der Waals surface area contributed by atoms with Crippen LogP contribution in [0.3, 0.4) is 0 Å². The van der Waals surface area contributed by atoms with Gasteiger partial charge in [0.05, 0.1) is 7.11 Å². The Morgan fingerprint density at radius 3 is 2.56 bits per heavy atom. The van der Waals surface area contributed by atoms with Crippen LogP contribution in [-0.2, 0) is 16.1 Å². The topological polar surface area (TPSA) is 42.0 Å². The van der Waals surface area contributed by atoms with E-state index in [-0.39, 0.29) is 11.9 Å². The van der Waals surface area contributed by atoms with E-state index in [1.165, 1.54) is 5.56 Å². The highest BCUT2D eigenvalue weighted by Gasteiger charge is 2.32. The third kappa shape index (κ3) is 4.67. The van der Waals surface area contributed by atoms with Gasteiger partial charge in [-0.05, 0) is 30.2 Å². The fraction of sp³-hybridized carbons (Fsp3) is 0.409. The number of rotatable bonds is 6. The zero-order valence-electron chi connectivity index (χ0n) is 16.3. The molecule has 2 atom stereocenters. The summed E-state index contributed by atoms with van der Waals surface area (Å²) in [5, 5.41) is 0. The van der Waals surface area contributed by atoms with Crippen LogP contribution in [-0.4, -0.2) is 55.6 Å². The zero-order valence-corrected chi connectivity index (χ0v) is 16.3. The number of hydrogen-bond acceptors (Lipinski definition) is 4. The van der Waals surface area contributed by atoms with E-state index in [1.54, 1.807) is 14.2 Å². The van der Waals surface area contributed by atoms with E-state index in [9.17, 15) is 4.79 Å². The molecule has 27 heavy (non-hydrogen) atoms. The minimum atomic E-state index is -0.543. The largest absolute Gasteiger partial charge is 0.497 e. The predicted molar refractivity (Wildman–Crippen MR) is 106 cm³/mol. The molecule has 2 aromatic rings. The Balaban J connectivity index is 1.63. The highest BCUT2D eigenvalue weighted by molar-refractivity contribution is 5.82. The maximum atomic E-state index is 13.1. The number of hydrogen-bond donors (Lipinski definition) is 0. The first-order valence-electron chi connectivity index (χ1n) is 9.36. The Morgan fingerprint density at radius 1 is 1.11 bits per heavy atom. The molecule has 0 saturated carbocycles. The van der Waals surface area contributed by atoms with E-state index >= 15 is 0 Å². The summed E-state index contributed by atoms with van der Waals surface area (Å²) in [6.45, 7) is 5.35. The van der Waals surface area contributed by atoms with E-state index in [4.69, 9.17) is 9.47 Å². The SMILES string of the molecule is COc1cccc(CN2CCN(C(=O)C(OC)c3ccccc3)[C@@H](C)C2)c1. The molecule has 0 radical (unpaired) electrons. The van der Waals surface area contributed by atoms with Crippen molar-refractivity contribution in [2.75, 3.05) is 33.9 Å². The van der Waals surface area contributed by atoms with Crippen LogP contribution in [0, 0.1) is 0 Å². The summed E-state index contributed by atoms with van der Waals surface area (Å²) >= 11 is 0. The van der Waals surface area contributed by atoms with Crippen molar-refractivity contribution >= 4 is 5.91 Å².